The summed E-state index contributed by atoms with van der Waals surface area (Å²) in [6.45, 7) is 8.14. The van der Waals surface area contributed by atoms with Crippen LogP contribution in [0.15, 0.2) is 16.9 Å². The van der Waals surface area contributed by atoms with Gasteiger partial charge in [0.25, 0.3) is 0 Å². The summed E-state index contributed by atoms with van der Waals surface area (Å²) in [6.07, 6.45) is 4.05. The minimum Gasteiger partial charge on any atom is -0.374 e. The van der Waals surface area contributed by atoms with Crippen LogP contribution in [0, 0.1) is 0 Å². The molecule has 0 aromatic carbocycles. The molecular weight excluding hydrogens is 270 g/mol. The number of halogens is 1. The van der Waals surface area contributed by atoms with Gasteiger partial charge >= 0.3 is 0 Å². The summed E-state index contributed by atoms with van der Waals surface area (Å²) in [6, 6.07) is 0.593. The predicted molar refractivity (Wildman–Crippen MR) is 66.4 cm³/mol. The first-order valence-corrected chi connectivity index (χ1v) is 6.48. The van der Waals surface area contributed by atoms with Crippen molar-refractivity contribution in [3.63, 3.8) is 0 Å². The van der Waals surface area contributed by atoms with Gasteiger partial charge in [0.05, 0.1) is 29.9 Å². The average molecular weight is 288 g/mol. The fourth-order valence-electron chi connectivity index (χ4n) is 1.97. The highest BCUT2D eigenvalue weighted by Gasteiger charge is 2.22. The van der Waals surface area contributed by atoms with Gasteiger partial charge in [-0.25, -0.2) is 0 Å². The van der Waals surface area contributed by atoms with Crippen molar-refractivity contribution in [2.75, 3.05) is 19.7 Å². The van der Waals surface area contributed by atoms with Gasteiger partial charge in [-0.05, 0) is 29.8 Å². The molecule has 0 saturated carbocycles. The van der Waals surface area contributed by atoms with Gasteiger partial charge in [0.2, 0.25) is 0 Å². The molecule has 2 heterocycles. The van der Waals surface area contributed by atoms with Gasteiger partial charge in [-0.15, -0.1) is 0 Å². The Kier molecular flexibility index (Phi) is 4.00. The molecule has 4 nitrogen and oxygen atoms in total. The molecule has 1 aromatic rings. The summed E-state index contributed by atoms with van der Waals surface area (Å²) in [5, 5.41) is 4.25. The van der Waals surface area contributed by atoms with Crippen molar-refractivity contribution >= 4 is 15.9 Å². The Morgan fingerprint density at radius 1 is 1.62 bits per heavy atom. The zero-order valence-electron chi connectivity index (χ0n) is 9.77. The number of rotatable bonds is 3. The minimum atomic E-state index is 0.253. The summed E-state index contributed by atoms with van der Waals surface area (Å²) < 4.78 is 8.70. The van der Waals surface area contributed by atoms with Crippen LogP contribution in [-0.4, -0.2) is 46.5 Å². The maximum Gasteiger partial charge on any atom is 0.0898 e. The van der Waals surface area contributed by atoms with E-state index in [1.165, 1.54) is 0 Å². The highest BCUT2D eigenvalue weighted by atomic mass is 79.9. The molecule has 1 aromatic heterocycles. The molecule has 1 aliphatic rings. The molecule has 16 heavy (non-hydrogen) atoms. The largest absolute Gasteiger partial charge is 0.374 e. The fraction of sp³-hybridized carbons (Fsp3) is 0.727. The molecule has 2 rings (SSSR count). The lowest BCUT2D eigenvalue weighted by molar-refractivity contribution is -0.0469. The zero-order chi connectivity index (χ0) is 11.5. The lowest BCUT2D eigenvalue weighted by Crippen LogP contribution is -2.47. The first-order valence-electron chi connectivity index (χ1n) is 5.69. The van der Waals surface area contributed by atoms with Gasteiger partial charge in [-0.1, -0.05) is 0 Å². The Bertz CT molecular complexity index is 340. The van der Waals surface area contributed by atoms with E-state index in [0.717, 1.165) is 30.7 Å². The van der Waals surface area contributed by atoms with Crippen molar-refractivity contribution in [1.82, 2.24) is 14.7 Å². The van der Waals surface area contributed by atoms with Crippen molar-refractivity contribution in [1.29, 1.82) is 0 Å². The number of aromatic nitrogens is 2. The van der Waals surface area contributed by atoms with E-state index in [-0.39, 0.29) is 6.10 Å². The molecule has 1 fully saturated rings. The molecule has 5 heteroatoms. The van der Waals surface area contributed by atoms with Crippen LogP contribution >= 0.6 is 15.9 Å². The molecule has 1 aliphatic heterocycles. The van der Waals surface area contributed by atoms with Crippen LogP contribution in [-0.2, 0) is 11.3 Å². The molecule has 0 bridgehead atoms. The number of morpholine rings is 1. The van der Waals surface area contributed by atoms with Crippen molar-refractivity contribution in [2.45, 2.75) is 32.5 Å². The molecule has 0 aliphatic carbocycles. The van der Waals surface area contributed by atoms with E-state index in [4.69, 9.17) is 4.74 Å². The molecule has 0 amide bonds. The molecule has 0 spiro atoms. The smallest absolute Gasteiger partial charge is 0.0898 e. The van der Waals surface area contributed by atoms with E-state index < -0.39 is 0 Å². The Labute approximate surface area is 105 Å². The van der Waals surface area contributed by atoms with Crippen LogP contribution in [0.2, 0.25) is 0 Å². The third kappa shape index (κ3) is 3.06. The SMILES string of the molecule is CC(C)N1CCOC(Cn2cc(Br)cn2)C1. The van der Waals surface area contributed by atoms with Crippen molar-refractivity contribution in [2.24, 2.45) is 0 Å². The van der Waals surface area contributed by atoms with Crippen LogP contribution in [0.1, 0.15) is 13.8 Å². The summed E-state index contributed by atoms with van der Waals surface area (Å²) in [5.74, 6) is 0. The van der Waals surface area contributed by atoms with Crippen LogP contribution < -0.4 is 0 Å². The van der Waals surface area contributed by atoms with Gasteiger partial charge in [0, 0.05) is 25.3 Å². The number of hydrogen-bond donors (Lipinski definition) is 0. The zero-order valence-corrected chi connectivity index (χ0v) is 11.4. The molecule has 1 unspecified atom stereocenters. The van der Waals surface area contributed by atoms with E-state index in [9.17, 15) is 0 Å². The van der Waals surface area contributed by atoms with Crippen LogP contribution in [0.5, 0.6) is 0 Å². The number of nitrogens with zero attached hydrogens (tertiary/aromatic N) is 3. The number of ether oxygens (including phenoxy) is 1. The van der Waals surface area contributed by atoms with Gasteiger partial charge in [-0.2, -0.15) is 5.10 Å². The molecule has 90 valence electrons. The van der Waals surface area contributed by atoms with Gasteiger partial charge in [0.1, 0.15) is 0 Å². The highest BCUT2D eigenvalue weighted by Crippen LogP contribution is 2.12. The third-order valence-electron chi connectivity index (χ3n) is 2.89. The van der Waals surface area contributed by atoms with E-state index in [1.807, 2.05) is 17.1 Å². The summed E-state index contributed by atoms with van der Waals surface area (Å²) in [5.41, 5.74) is 0. The highest BCUT2D eigenvalue weighted by molar-refractivity contribution is 9.10. The second-order valence-corrected chi connectivity index (χ2v) is 5.38. The Balaban J connectivity index is 1.90. The quantitative estimate of drug-likeness (QED) is 0.849. The lowest BCUT2D eigenvalue weighted by Gasteiger charge is -2.35. The third-order valence-corrected chi connectivity index (χ3v) is 3.30. The second-order valence-electron chi connectivity index (χ2n) is 4.46. The standard InChI is InChI=1S/C11H18BrN3O/c1-9(2)14-3-4-16-11(7-14)8-15-6-10(12)5-13-15/h5-6,9,11H,3-4,7-8H2,1-2H3. The average Bonchev–Trinajstić information content (AvgIpc) is 2.64. The predicted octanol–water partition coefficient (Wildman–Crippen LogP) is 1.75. The van der Waals surface area contributed by atoms with Crippen molar-refractivity contribution in [3.05, 3.63) is 16.9 Å². The van der Waals surface area contributed by atoms with Crippen LogP contribution in [0.4, 0.5) is 0 Å². The summed E-state index contributed by atoms with van der Waals surface area (Å²) in [7, 11) is 0. The Morgan fingerprint density at radius 3 is 3.06 bits per heavy atom. The first-order chi connectivity index (χ1) is 7.65. The van der Waals surface area contributed by atoms with E-state index >= 15 is 0 Å². The van der Waals surface area contributed by atoms with Crippen molar-refractivity contribution in [3.8, 4) is 0 Å². The normalized spacial score (nSPS) is 22.9. The van der Waals surface area contributed by atoms with Gasteiger partial charge < -0.3 is 4.74 Å². The topological polar surface area (TPSA) is 30.3 Å². The fourth-order valence-corrected chi connectivity index (χ4v) is 2.30. The molecule has 0 radical (unpaired) electrons. The summed E-state index contributed by atoms with van der Waals surface area (Å²) >= 11 is 3.40. The van der Waals surface area contributed by atoms with Crippen molar-refractivity contribution < 1.29 is 4.74 Å². The molecule has 1 saturated heterocycles. The first kappa shape index (κ1) is 12.1. The van der Waals surface area contributed by atoms with Crippen LogP contribution in [0.25, 0.3) is 0 Å². The molecule has 0 N–H and O–H groups in total. The molecule has 1 atom stereocenters. The second kappa shape index (κ2) is 5.29. The van der Waals surface area contributed by atoms with E-state index in [1.54, 1.807) is 0 Å². The Morgan fingerprint density at radius 2 is 2.44 bits per heavy atom. The molecular formula is C11H18BrN3O. The maximum absolute atomic E-state index is 5.75. The Hall–Kier alpha value is -0.390. The summed E-state index contributed by atoms with van der Waals surface area (Å²) in [4.78, 5) is 2.45. The van der Waals surface area contributed by atoms with Gasteiger partial charge in [0.15, 0.2) is 0 Å². The van der Waals surface area contributed by atoms with E-state index in [0.29, 0.717) is 6.04 Å². The van der Waals surface area contributed by atoms with Gasteiger partial charge in [-0.3, -0.25) is 9.58 Å². The minimum absolute atomic E-state index is 0.253. The number of hydrogen-bond acceptors (Lipinski definition) is 3. The lowest BCUT2D eigenvalue weighted by atomic mass is 10.2. The van der Waals surface area contributed by atoms with E-state index in [2.05, 4.69) is 39.8 Å². The van der Waals surface area contributed by atoms with Crippen LogP contribution in [0.3, 0.4) is 0 Å². The monoisotopic (exact) mass is 287 g/mol. The maximum atomic E-state index is 5.75.